The van der Waals surface area contributed by atoms with E-state index < -0.39 is 10.4 Å². The molecule has 0 atom stereocenters. The normalized spacial score (nSPS) is 10.9. The van der Waals surface area contributed by atoms with Crippen molar-refractivity contribution in [2.75, 3.05) is 0 Å². The van der Waals surface area contributed by atoms with E-state index in [-0.39, 0.29) is 0 Å². The first-order valence-electron chi connectivity index (χ1n) is 7.61. The summed E-state index contributed by atoms with van der Waals surface area (Å²) in [5.74, 6) is 0. The first-order chi connectivity index (χ1) is 8.91. The van der Waals surface area contributed by atoms with Crippen molar-refractivity contribution >= 4 is 10.4 Å². The molecule has 0 aliphatic rings. The van der Waals surface area contributed by atoms with Crippen molar-refractivity contribution in [3.05, 3.63) is 0 Å². The third-order valence-corrected chi connectivity index (χ3v) is 2.96. The van der Waals surface area contributed by atoms with Gasteiger partial charge in [-0.3, -0.25) is 9.11 Å². The molecule has 5 heteroatoms. The molecule has 0 fully saturated rings. The molecule has 0 amide bonds. The second-order valence-corrected chi connectivity index (χ2v) is 5.88. The van der Waals surface area contributed by atoms with Crippen LogP contribution in [0.2, 0.25) is 0 Å². The third kappa shape index (κ3) is 38.1. The molecule has 0 aromatic heterocycles. The Kier molecular flexibility index (Phi) is 17.7. The van der Waals surface area contributed by atoms with E-state index in [1.165, 1.54) is 77.0 Å². The van der Waals surface area contributed by atoms with Crippen LogP contribution in [0.15, 0.2) is 0 Å². The zero-order valence-electron chi connectivity index (χ0n) is 12.6. The minimum absolute atomic E-state index is 1.37. The SMILES string of the molecule is CCCCCCCCCCCCCC.O=S(=O)(O)O. The third-order valence-electron chi connectivity index (χ3n) is 2.96. The summed E-state index contributed by atoms with van der Waals surface area (Å²) >= 11 is 0. The maximum absolute atomic E-state index is 8.74. The van der Waals surface area contributed by atoms with Gasteiger partial charge in [0.1, 0.15) is 0 Å². The van der Waals surface area contributed by atoms with Crippen molar-refractivity contribution in [2.45, 2.75) is 90.9 Å². The van der Waals surface area contributed by atoms with Gasteiger partial charge in [0.25, 0.3) is 0 Å². The standard InChI is InChI=1S/C14H30.H2O4S/c1-3-5-7-9-11-13-14-12-10-8-6-4-2;1-5(2,3)4/h3-14H2,1-2H3;(H2,1,2,3,4). The van der Waals surface area contributed by atoms with Crippen molar-refractivity contribution in [3.63, 3.8) is 0 Å². The Bertz CT molecular complexity index is 230. The van der Waals surface area contributed by atoms with Crippen LogP contribution in [0.4, 0.5) is 0 Å². The second kappa shape index (κ2) is 15.9. The molecule has 118 valence electrons. The van der Waals surface area contributed by atoms with E-state index in [0.717, 1.165) is 0 Å². The molecule has 2 N–H and O–H groups in total. The van der Waals surface area contributed by atoms with Gasteiger partial charge in [0.2, 0.25) is 0 Å². The molecule has 0 radical (unpaired) electrons. The minimum Gasteiger partial charge on any atom is -0.264 e. The van der Waals surface area contributed by atoms with E-state index in [2.05, 4.69) is 13.8 Å². The lowest BCUT2D eigenvalue weighted by Gasteiger charge is -2.01. The van der Waals surface area contributed by atoms with Crippen molar-refractivity contribution in [2.24, 2.45) is 0 Å². The quantitative estimate of drug-likeness (QED) is 0.413. The summed E-state index contributed by atoms with van der Waals surface area (Å²) in [5.41, 5.74) is 0. The zero-order chi connectivity index (χ0) is 15.0. The predicted molar refractivity (Wildman–Crippen MR) is 80.9 cm³/mol. The van der Waals surface area contributed by atoms with E-state index in [0.29, 0.717) is 0 Å². The highest BCUT2D eigenvalue weighted by molar-refractivity contribution is 7.79. The van der Waals surface area contributed by atoms with E-state index in [9.17, 15) is 0 Å². The van der Waals surface area contributed by atoms with E-state index >= 15 is 0 Å². The smallest absolute Gasteiger partial charge is 0.264 e. The van der Waals surface area contributed by atoms with Crippen LogP contribution in [-0.2, 0) is 10.4 Å². The summed E-state index contributed by atoms with van der Waals surface area (Å²) in [6.45, 7) is 4.57. The monoisotopic (exact) mass is 296 g/mol. The number of hydrogen-bond donors (Lipinski definition) is 2. The maximum Gasteiger partial charge on any atom is 0.394 e. The number of rotatable bonds is 11. The van der Waals surface area contributed by atoms with Crippen LogP contribution in [0.25, 0.3) is 0 Å². The Morgan fingerprint density at radius 2 is 0.737 bits per heavy atom. The van der Waals surface area contributed by atoms with Gasteiger partial charge in [-0.1, -0.05) is 90.9 Å². The molecule has 0 saturated carbocycles. The highest BCUT2D eigenvalue weighted by atomic mass is 32.3. The summed E-state index contributed by atoms with van der Waals surface area (Å²) in [6.07, 6.45) is 17.4. The van der Waals surface area contributed by atoms with Gasteiger partial charge in [-0.25, -0.2) is 0 Å². The highest BCUT2D eigenvalue weighted by Crippen LogP contribution is 2.11. The van der Waals surface area contributed by atoms with Crippen molar-refractivity contribution < 1.29 is 17.5 Å². The van der Waals surface area contributed by atoms with Crippen molar-refractivity contribution in [1.82, 2.24) is 0 Å². The zero-order valence-corrected chi connectivity index (χ0v) is 13.4. The van der Waals surface area contributed by atoms with Gasteiger partial charge in [0.15, 0.2) is 0 Å². The lowest BCUT2D eigenvalue weighted by molar-refractivity contribution is 0.381. The van der Waals surface area contributed by atoms with Crippen molar-refractivity contribution in [1.29, 1.82) is 0 Å². The van der Waals surface area contributed by atoms with Gasteiger partial charge in [0, 0.05) is 0 Å². The molecule has 0 heterocycles. The number of hydrogen-bond acceptors (Lipinski definition) is 2. The largest absolute Gasteiger partial charge is 0.394 e. The molecule has 0 saturated heterocycles. The molecular weight excluding hydrogens is 264 g/mol. The fourth-order valence-corrected chi connectivity index (χ4v) is 1.91. The lowest BCUT2D eigenvalue weighted by Crippen LogP contribution is -1.89. The van der Waals surface area contributed by atoms with E-state index in [4.69, 9.17) is 17.5 Å². The Hall–Kier alpha value is -0.130. The summed E-state index contributed by atoms with van der Waals surface area (Å²) in [7, 11) is -4.67. The second-order valence-electron chi connectivity index (χ2n) is 4.98. The van der Waals surface area contributed by atoms with Crippen molar-refractivity contribution in [3.8, 4) is 0 Å². The first kappa shape index (κ1) is 21.2. The Morgan fingerprint density at radius 1 is 0.579 bits per heavy atom. The predicted octanol–water partition coefficient (Wildman–Crippen LogP) is 5.05. The molecular formula is C14H32O4S. The highest BCUT2D eigenvalue weighted by Gasteiger charge is 1.91. The maximum atomic E-state index is 8.74. The fraction of sp³-hybridized carbons (Fsp3) is 1.00. The van der Waals surface area contributed by atoms with Crippen LogP contribution in [0.1, 0.15) is 90.9 Å². The van der Waals surface area contributed by atoms with Crippen LogP contribution in [-0.4, -0.2) is 17.5 Å². The molecule has 0 aliphatic carbocycles. The first-order valence-corrected chi connectivity index (χ1v) is 9.01. The average Bonchev–Trinajstić information content (AvgIpc) is 2.29. The summed E-state index contributed by atoms with van der Waals surface area (Å²) in [5, 5.41) is 0. The Morgan fingerprint density at radius 3 is 0.895 bits per heavy atom. The van der Waals surface area contributed by atoms with Gasteiger partial charge >= 0.3 is 10.4 Å². The molecule has 0 bridgehead atoms. The summed E-state index contributed by atoms with van der Waals surface area (Å²) in [6, 6.07) is 0. The molecule has 19 heavy (non-hydrogen) atoms. The summed E-state index contributed by atoms with van der Waals surface area (Å²) < 4.78 is 31.6. The average molecular weight is 296 g/mol. The molecule has 0 aromatic rings. The van der Waals surface area contributed by atoms with Crippen LogP contribution in [0.3, 0.4) is 0 Å². The summed E-state index contributed by atoms with van der Waals surface area (Å²) in [4.78, 5) is 0. The van der Waals surface area contributed by atoms with Crippen LogP contribution in [0, 0.1) is 0 Å². The molecule has 0 aromatic carbocycles. The molecule has 0 unspecified atom stereocenters. The van der Waals surface area contributed by atoms with Crippen LogP contribution >= 0.6 is 0 Å². The van der Waals surface area contributed by atoms with Crippen LogP contribution in [0.5, 0.6) is 0 Å². The molecule has 4 nitrogen and oxygen atoms in total. The van der Waals surface area contributed by atoms with Gasteiger partial charge in [-0.05, 0) is 0 Å². The lowest BCUT2D eigenvalue weighted by atomic mass is 10.1. The Labute approximate surface area is 119 Å². The number of unbranched alkanes of at least 4 members (excludes halogenated alkanes) is 11. The van der Waals surface area contributed by atoms with Gasteiger partial charge in [0.05, 0.1) is 0 Å². The van der Waals surface area contributed by atoms with Gasteiger partial charge < -0.3 is 0 Å². The molecule has 0 aliphatic heterocycles. The molecule has 0 rings (SSSR count). The van der Waals surface area contributed by atoms with Gasteiger partial charge in [-0.2, -0.15) is 8.42 Å². The van der Waals surface area contributed by atoms with E-state index in [1.54, 1.807) is 0 Å². The Balaban J connectivity index is 0. The van der Waals surface area contributed by atoms with Gasteiger partial charge in [-0.15, -0.1) is 0 Å². The topological polar surface area (TPSA) is 74.6 Å². The van der Waals surface area contributed by atoms with Crippen LogP contribution < -0.4 is 0 Å². The molecule has 0 spiro atoms. The minimum atomic E-state index is -4.67. The fourth-order valence-electron chi connectivity index (χ4n) is 1.91. The van der Waals surface area contributed by atoms with E-state index in [1.807, 2.05) is 0 Å².